The predicted molar refractivity (Wildman–Crippen MR) is 79.7 cm³/mol. The van der Waals surface area contributed by atoms with Crippen LogP contribution in [0.25, 0.3) is 0 Å². The lowest BCUT2D eigenvalue weighted by Gasteiger charge is -2.23. The zero-order chi connectivity index (χ0) is 14.5. The number of anilines is 1. The van der Waals surface area contributed by atoms with Crippen LogP contribution < -0.4 is 5.73 Å². The van der Waals surface area contributed by atoms with Gasteiger partial charge < -0.3 is 15.4 Å². The molecule has 1 aromatic carbocycles. The zero-order valence-corrected chi connectivity index (χ0v) is 11.8. The number of amidine groups is 1. The highest BCUT2D eigenvalue weighted by atomic mass is 16.5. The van der Waals surface area contributed by atoms with Crippen molar-refractivity contribution in [2.75, 3.05) is 19.4 Å². The van der Waals surface area contributed by atoms with Gasteiger partial charge in [0.1, 0.15) is 5.84 Å². The number of ether oxygens (including phenoxy) is 1. The molecule has 0 radical (unpaired) electrons. The number of rotatable bonds is 3. The van der Waals surface area contributed by atoms with Gasteiger partial charge in [0.2, 0.25) is 0 Å². The van der Waals surface area contributed by atoms with E-state index in [0.717, 1.165) is 17.2 Å². The van der Waals surface area contributed by atoms with Crippen LogP contribution in [0.3, 0.4) is 0 Å². The highest BCUT2D eigenvalue weighted by Gasteiger charge is 2.19. The van der Waals surface area contributed by atoms with Crippen LogP contribution in [-0.2, 0) is 9.53 Å². The van der Waals surface area contributed by atoms with Crippen molar-refractivity contribution in [2.45, 2.75) is 19.8 Å². The minimum absolute atomic E-state index is 0.245. The largest absolute Gasteiger partial charge is 0.463 e. The monoisotopic (exact) mass is 273 g/mol. The second-order valence-corrected chi connectivity index (χ2v) is 4.61. The second kappa shape index (κ2) is 6.23. The van der Waals surface area contributed by atoms with E-state index in [1.54, 1.807) is 13.1 Å². The molecule has 5 heteroatoms. The molecule has 106 valence electrons. The summed E-state index contributed by atoms with van der Waals surface area (Å²) in [4.78, 5) is 18.1. The molecule has 0 spiro atoms. The van der Waals surface area contributed by atoms with Gasteiger partial charge in [0.25, 0.3) is 0 Å². The number of nitrogen functional groups attached to an aromatic ring is 1. The molecule has 2 N–H and O–H groups in total. The highest BCUT2D eigenvalue weighted by Crippen LogP contribution is 2.21. The molecule has 1 aliphatic rings. The molecular formula is C15H19N3O2. The van der Waals surface area contributed by atoms with Crippen molar-refractivity contribution in [2.24, 2.45) is 4.99 Å². The maximum Gasteiger partial charge on any atom is 0.335 e. The molecule has 0 amide bonds. The first-order valence-corrected chi connectivity index (χ1v) is 6.64. The molecule has 2 rings (SSSR count). The van der Waals surface area contributed by atoms with Gasteiger partial charge >= 0.3 is 5.97 Å². The topological polar surface area (TPSA) is 67.9 Å². The van der Waals surface area contributed by atoms with E-state index in [1.165, 1.54) is 0 Å². The normalized spacial score (nSPS) is 17.0. The van der Waals surface area contributed by atoms with Crippen LogP contribution in [0.2, 0.25) is 0 Å². The molecule has 1 aliphatic heterocycles. The third kappa shape index (κ3) is 3.38. The zero-order valence-electron chi connectivity index (χ0n) is 11.8. The van der Waals surface area contributed by atoms with Crippen molar-refractivity contribution in [3.63, 3.8) is 0 Å². The standard InChI is InChI=1S/C15H19N3O2/c1-3-20-15(19)11-4-9-14(18(2)10-11)17-13-7-5-12(16)6-8-13/h5-8,10H,3-4,9,16H2,1-2H3. The SMILES string of the molecule is CCOC(=O)C1=CN(C)C(=Nc2ccc(N)cc2)CC1. The van der Waals surface area contributed by atoms with Crippen LogP contribution in [-0.4, -0.2) is 30.4 Å². The summed E-state index contributed by atoms with van der Waals surface area (Å²) in [6.07, 6.45) is 3.15. The molecular weight excluding hydrogens is 254 g/mol. The lowest BCUT2D eigenvalue weighted by atomic mass is 10.1. The molecule has 0 fully saturated rings. The molecule has 0 aliphatic carbocycles. The van der Waals surface area contributed by atoms with E-state index < -0.39 is 0 Å². The summed E-state index contributed by atoms with van der Waals surface area (Å²) in [5, 5.41) is 0. The Kier molecular flexibility index (Phi) is 4.40. The summed E-state index contributed by atoms with van der Waals surface area (Å²) < 4.78 is 5.01. The minimum atomic E-state index is -0.245. The Morgan fingerprint density at radius 3 is 2.65 bits per heavy atom. The molecule has 0 bridgehead atoms. The average Bonchev–Trinajstić information content (AvgIpc) is 2.43. The van der Waals surface area contributed by atoms with Crippen molar-refractivity contribution in [3.8, 4) is 0 Å². The van der Waals surface area contributed by atoms with Gasteiger partial charge in [-0.3, -0.25) is 0 Å². The lowest BCUT2D eigenvalue weighted by molar-refractivity contribution is -0.138. The molecule has 0 saturated carbocycles. The van der Waals surface area contributed by atoms with Gasteiger partial charge in [-0.25, -0.2) is 9.79 Å². The van der Waals surface area contributed by atoms with Crippen molar-refractivity contribution in [3.05, 3.63) is 36.0 Å². The minimum Gasteiger partial charge on any atom is -0.463 e. The fourth-order valence-electron chi connectivity index (χ4n) is 2.01. The van der Waals surface area contributed by atoms with Gasteiger partial charge in [-0.15, -0.1) is 0 Å². The molecule has 5 nitrogen and oxygen atoms in total. The molecule has 0 unspecified atom stereocenters. The second-order valence-electron chi connectivity index (χ2n) is 4.61. The van der Waals surface area contributed by atoms with Crippen LogP contribution in [0.4, 0.5) is 11.4 Å². The van der Waals surface area contributed by atoms with E-state index in [9.17, 15) is 4.79 Å². The number of carbonyl (C=O) groups is 1. The van der Waals surface area contributed by atoms with E-state index in [2.05, 4.69) is 4.99 Å². The number of esters is 1. The first kappa shape index (κ1) is 14.1. The lowest BCUT2D eigenvalue weighted by Crippen LogP contribution is -2.27. The number of hydrogen-bond acceptors (Lipinski definition) is 4. The number of benzene rings is 1. The maximum absolute atomic E-state index is 11.7. The summed E-state index contributed by atoms with van der Waals surface area (Å²) in [6, 6.07) is 7.39. The molecule has 0 aromatic heterocycles. The Morgan fingerprint density at radius 2 is 2.05 bits per heavy atom. The Balaban J connectivity index is 2.13. The van der Waals surface area contributed by atoms with Gasteiger partial charge in [0, 0.05) is 25.4 Å². The Hall–Kier alpha value is -2.30. The Bertz CT molecular complexity index is 547. The summed E-state index contributed by atoms with van der Waals surface area (Å²) >= 11 is 0. The third-order valence-corrected chi connectivity index (χ3v) is 3.06. The predicted octanol–water partition coefficient (Wildman–Crippen LogP) is 2.47. The highest BCUT2D eigenvalue weighted by molar-refractivity contribution is 5.94. The van der Waals surface area contributed by atoms with Gasteiger partial charge in [-0.1, -0.05) is 0 Å². The van der Waals surface area contributed by atoms with Crippen LogP contribution in [0.5, 0.6) is 0 Å². The van der Waals surface area contributed by atoms with E-state index in [4.69, 9.17) is 10.5 Å². The van der Waals surface area contributed by atoms with E-state index in [0.29, 0.717) is 25.0 Å². The van der Waals surface area contributed by atoms with Gasteiger partial charge in [-0.2, -0.15) is 0 Å². The number of aliphatic imine (C=N–C) groups is 1. The molecule has 0 atom stereocenters. The smallest absolute Gasteiger partial charge is 0.335 e. The van der Waals surface area contributed by atoms with Gasteiger partial charge in [0.05, 0.1) is 17.9 Å². The summed E-state index contributed by atoms with van der Waals surface area (Å²) in [5.74, 6) is 0.675. The van der Waals surface area contributed by atoms with E-state index in [-0.39, 0.29) is 5.97 Å². The fourth-order valence-corrected chi connectivity index (χ4v) is 2.01. The summed E-state index contributed by atoms with van der Waals surface area (Å²) in [5.41, 5.74) is 7.91. The average molecular weight is 273 g/mol. The van der Waals surface area contributed by atoms with Crippen LogP contribution >= 0.6 is 0 Å². The van der Waals surface area contributed by atoms with Crippen molar-refractivity contribution in [1.82, 2.24) is 4.90 Å². The van der Waals surface area contributed by atoms with Gasteiger partial charge in [0.15, 0.2) is 0 Å². The molecule has 0 saturated heterocycles. The molecule has 20 heavy (non-hydrogen) atoms. The van der Waals surface area contributed by atoms with Gasteiger partial charge in [-0.05, 0) is 37.6 Å². The number of nitrogens with zero attached hydrogens (tertiary/aromatic N) is 2. The number of carbonyl (C=O) groups excluding carboxylic acids is 1. The van der Waals surface area contributed by atoms with Crippen molar-refractivity contribution >= 4 is 23.2 Å². The Labute approximate surface area is 118 Å². The van der Waals surface area contributed by atoms with E-state index >= 15 is 0 Å². The summed E-state index contributed by atoms with van der Waals surface area (Å²) in [7, 11) is 1.88. The number of hydrogen-bond donors (Lipinski definition) is 1. The first-order chi connectivity index (χ1) is 9.60. The third-order valence-electron chi connectivity index (χ3n) is 3.06. The van der Waals surface area contributed by atoms with Crippen LogP contribution in [0.1, 0.15) is 19.8 Å². The van der Waals surface area contributed by atoms with E-state index in [1.807, 2.05) is 36.2 Å². The molecule has 1 heterocycles. The van der Waals surface area contributed by atoms with Crippen molar-refractivity contribution < 1.29 is 9.53 Å². The van der Waals surface area contributed by atoms with Crippen LogP contribution in [0, 0.1) is 0 Å². The Morgan fingerprint density at radius 1 is 1.35 bits per heavy atom. The number of nitrogens with two attached hydrogens (primary N) is 1. The van der Waals surface area contributed by atoms with Crippen LogP contribution in [0.15, 0.2) is 41.0 Å². The first-order valence-electron chi connectivity index (χ1n) is 6.64. The fraction of sp³-hybridized carbons (Fsp3) is 0.333. The summed E-state index contributed by atoms with van der Waals surface area (Å²) in [6.45, 7) is 2.20. The molecule has 1 aromatic rings. The van der Waals surface area contributed by atoms with Crippen molar-refractivity contribution in [1.29, 1.82) is 0 Å². The quantitative estimate of drug-likeness (QED) is 0.678. The maximum atomic E-state index is 11.7.